The van der Waals surface area contributed by atoms with E-state index in [4.69, 9.17) is 28.6 Å². The van der Waals surface area contributed by atoms with Gasteiger partial charge in [-0.1, -0.05) is 48.0 Å². The fraction of sp³-hybridized carbons (Fsp3) is 0.273. The maximum absolute atomic E-state index is 12.8. The molecule has 2 aliphatic rings. The first-order chi connectivity index (χ1) is 13.6. The number of ketones is 1. The maximum Gasteiger partial charge on any atom is 0.173 e. The van der Waals surface area contributed by atoms with Crippen molar-refractivity contribution in [3.8, 4) is 5.75 Å². The molecule has 4 rings (SSSR count). The zero-order valence-electron chi connectivity index (χ0n) is 15.6. The Bertz CT molecular complexity index is 973. The molecule has 144 valence electrons. The summed E-state index contributed by atoms with van der Waals surface area (Å²) in [7, 11) is 1.92. The summed E-state index contributed by atoms with van der Waals surface area (Å²) in [5.41, 5.74) is 3.65. The fourth-order valence-corrected chi connectivity index (χ4v) is 4.21. The molecule has 2 aromatic carbocycles. The number of Topliss-reactive ketones (excluding diaryl/α,β-unsaturated/α-hetero) is 1. The molecule has 1 atom stereocenters. The van der Waals surface area contributed by atoms with Crippen LogP contribution in [0.5, 0.6) is 5.75 Å². The monoisotopic (exact) mass is 412 g/mol. The maximum atomic E-state index is 12.8. The predicted molar refractivity (Wildman–Crippen MR) is 114 cm³/mol. The number of carbonyl (C=O) groups is 1. The SMILES string of the molecule is CN1C(=S)NC(c2ccccc2OCc2ccccc2Cl)C2=C1CCCC2=O. The van der Waals surface area contributed by atoms with Gasteiger partial charge in [0.05, 0.1) is 6.04 Å². The van der Waals surface area contributed by atoms with Crippen molar-refractivity contribution < 1.29 is 9.53 Å². The van der Waals surface area contributed by atoms with Gasteiger partial charge < -0.3 is 15.0 Å². The third-order valence-corrected chi connectivity index (χ3v) is 6.03. The highest BCUT2D eigenvalue weighted by Gasteiger charge is 2.36. The van der Waals surface area contributed by atoms with Gasteiger partial charge in [-0.3, -0.25) is 4.79 Å². The number of halogens is 1. The number of para-hydroxylation sites is 1. The van der Waals surface area contributed by atoms with E-state index >= 15 is 0 Å². The van der Waals surface area contributed by atoms with Crippen molar-refractivity contribution >= 4 is 34.7 Å². The van der Waals surface area contributed by atoms with Gasteiger partial charge >= 0.3 is 0 Å². The summed E-state index contributed by atoms with van der Waals surface area (Å²) in [5, 5.41) is 4.63. The van der Waals surface area contributed by atoms with Crippen molar-refractivity contribution in [2.75, 3.05) is 7.05 Å². The molecule has 0 fully saturated rings. The molecule has 1 unspecified atom stereocenters. The van der Waals surface area contributed by atoms with Crippen LogP contribution in [0.3, 0.4) is 0 Å². The molecule has 1 N–H and O–H groups in total. The van der Waals surface area contributed by atoms with Crippen LogP contribution in [0.1, 0.15) is 36.4 Å². The molecule has 0 bridgehead atoms. The first-order valence-electron chi connectivity index (χ1n) is 9.32. The second kappa shape index (κ2) is 7.94. The van der Waals surface area contributed by atoms with Crippen LogP contribution in [0.15, 0.2) is 59.8 Å². The number of nitrogens with one attached hydrogen (secondary N) is 1. The molecule has 4 nitrogen and oxygen atoms in total. The van der Waals surface area contributed by atoms with Crippen molar-refractivity contribution in [2.45, 2.75) is 31.9 Å². The van der Waals surface area contributed by atoms with E-state index in [1.165, 1.54) is 0 Å². The normalized spacial score (nSPS) is 19.4. The van der Waals surface area contributed by atoms with Crippen molar-refractivity contribution in [1.29, 1.82) is 0 Å². The van der Waals surface area contributed by atoms with Gasteiger partial charge in [0.1, 0.15) is 12.4 Å². The third kappa shape index (κ3) is 3.52. The summed E-state index contributed by atoms with van der Waals surface area (Å²) in [6.07, 6.45) is 2.29. The standard InChI is InChI=1S/C22H21ClN2O2S/c1-25-17-10-6-11-18(26)20(17)21(24-22(25)28)15-8-3-5-12-19(15)27-13-14-7-2-4-9-16(14)23/h2-5,7-9,12,21H,6,10-11,13H2,1H3,(H,24,28). The van der Waals surface area contributed by atoms with Crippen molar-refractivity contribution in [3.05, 3.63) is 76.0 Å². The molecule has 0 spiro atoms. The van der Waals surface area contributed by atoms with Crippen LogP contribution >= 0.6 is 23.8 Å². The van der Waals surface area contributed by atoms with E-state index in [1.807, 2.05) is 60.5 Å². The van der Waals surface area contributed by atoms with E-state index in [0.717, 1.165) is 41.0 Å². The van der Waals surface area contributed by atoms with E-state index in [2.05, 4.69) is 5.32 Å². The Morgan fingerprint density at radius 3 is 2.75 bits per heavy atom. The number of rotatable bonds is 4. The van der Waals surface area contributed by atoms with Gasteiger partial charge in [0.2, 0.25) is 0 Å². The number of hydrogen-bond donors (Lipinski definition) is 1. The number of benzene rings is 2. The Balaban J connectivity index is 1.69. The zero-order valence-corrected chi connectivity index (χ0v) is 17.1. The number of allylic oxidation sites excluding steroid dienone is 1. The fourth-order valence-electron chi connectivity index (χ4n) is 3.79. The molecule has 0 saturated carbocycles. The van der Waals surface area contributed by atoms with Crippen molar-refractivity contribution in [2.24, 2.45) is 0 Å². The van der Waals surface area contributed by atoms with Gasteiger partial charge in [0, 0.05) is 40.9 Å². The van der Waals surface area contributed by atoms with Gasteiger partial charge in [-0.25, -0.2) is 0 Å². The lowest BCUT2D eigenvalue weighted by atomic mass is 9.84. The van der Waals surface area contributed by atoms with E-state index in [9.17, 15) is 4.79 Å². The van der Waals surface area contributed by atoms with E-state index < -0.39 is 0 Å². The van der Waals surface area contributed by atoms with Crippen LogP contribution in [-0.2, 0) is 11.4 Å². The molecule has 6 heteroatoms. The van der Waals surface area contributed by atoms with Crippen LogP contribution in [0.4, 0.5) is 0 Å². The Labute approximate surface area is 175 Å². The highest BCUT2D eigenvalue weighted by atomic mass is 35.5. The molecule has 1 aliphatic heterocycles. The topological polar surface area (TPSA) is 41.6 Å². The Morgan fingerprint density at radius 2 is 1.93 bits per heavy atom. The average Bonchev–Trinajstić information content (AvgIpc) is 2.70. The molecule has 0 amide bonds. The molecule has 0 radical (unpaired) electrons. The molecule has 1 aliphatic carbocycles. The summed E-state index contributed by atoms with van der Waals surface area (Å²) in [5.74, 6) is 0.895. The van der Waals surface area contributed by atoms with Crippen LogP contribution in [-0.4, -0.2) is 22.8 Å². The number of ether oxygens (including phenoxy) is 1. The number of thiocarbonyl (C=S) groups is 1. The highest BCUT2D eigenvalue weighted by molar-refractivity contribution is 7.80. The summed E-state index contributed by atoms with van der Waals surface area (Å²) >= 11 is 11.8. The molecular weight excluding hydrogens is 392 g/mol. The Kier molecular flexibility index (Phi) is 5.38. The van der Waals surface area contributed by atoms with Gasteiger partial charge in [0.25, 0.3) is 0 Å². The largest absolute Gasteiger partial charge is 0.488 e. The molecular formula is C22H21ClN2O2S. The molecule has 28 heavy (non-hydrogen) atoms. The molecule has 0 saturated heterocycles. The van der Waals surface area contributed by atoms with Gasteiger partial charge in [-0.15, -0.1) is 0 Å². The minimum absolute atomic E-state index is 0.175. The summed E-state index contributed by atoms with van der Waals surface area (Å²) in [6, 6.07) is 15.1. The number of carbonyl (C=O) groups excluding carboxylic acids is 1. The summed E-state index contributed by atoms with van der Waals surface area (Å²) < 4.78 is 6.12. The van der Waals surface area contributed by atoms with E-state index in [1.54, 1.807) is 0 Å². The van der Waals surface area contributed by atoms with E-state index in [0.29, 0.717) is 23.2 Å². The molecule has 1 heterocycles. The van der Waals surface area contributed by atoms with Gasteiger partial charge in [0.15, 0.2) is 10.9 Å². The summed E-state index contributed by atoms with van der Waals surface area (Å²) in [4.78, 5) is 14.7. The minimum atomic E-state index is -0.297. The first-order valence-corrected chi connectivity index (χ1v) is 10.1. The molecule has 0 aromatic heterocycles. The van der Waals surface area contributed by atoms with Gasteiger partial charge in [-0.05, 0) is 37.2 Å². The van der Waals surface area contributed by atoms with Gasteiger partial charge in [-0.2, -0.15) is 0 Å². The van der Waals surface area contributed by atoms with Crippen LogP contribution in [0.25, 0.3) is 0 Å². The second-order valence-corrected chi connectivity index (χ2v) is 7.79. The molecule has 2 aromatic rings. The minimum Gasteiger partial charge on any atom is -0.488 e. The van der Waals surface area contributed by atoms with Crippen LogP contribution in [0, 0.1) is 0 Å². The lowest BCUT2D eigenvalue weighted by Gasteiger charge is -2.39. The van der Waals surface area contributed by atoms with Crippen LogP contribution in [0.2, 0.25) is 5.02 Å². The number of nitrogens with zero attached hydrogens (tertiary/aromatic N) is 1. The first kappa shape index (κ1) is 19.0. The number of hydrogen-bond acceptors (Lipinski definition) is 3. The lowest BCUT2D eigenvalue weighted by Crippen LogP contribution is -2.47. The Morgan fingerprint density at radius 1 is 1.18 bits per heavy atom. The van der Waals surface area contributed by atoms with Crippen molar-refractivity contribution in [3.63, 3.8) is 0 Å². The predicted octanol–water partition coefficient (Wildman–Crippen LogP) is 4.79. The average molecular weight is 413 g/mol. The zero-order chi connectivity index (χ0) is 19.7. The highest BCUT2D eigenvalue weighted by Crippen LogP contribution is 2.39. The second-order valence-electron chi connectivity index (χ2n) is 7.00. The smallest absolute Gasteiger partial charge is 0.173 e. The quantitative estimate of drug-likeness (QED) is 0.731. The summed E-state index contributed by atoms with van der Waals surface area (Å²) in [6.45, 7) is 0.355. The van der Waals surface area contributed by atoms with E-state index in [-0.39, 0.29) is 11.8 Å². The van der Waals surface area contributed by atoms with Crippen molar-refractivity contribution in [1.82, 2.24) is 10.2 Å². The third-order valence-electron chi connectivity index (χ3n) is 5.27. The Hall–Kier alpha value is -2.37. The lowest BCUT2D eigenvalue weighted by molar-refractivity contribution is -0.116. The van der Waals surface area contributed by atoms with Crippen LogP contribution < -0.4 is 10.1 Å².